The molecular weight excluding hydrogens is 297 g/mol. The first-order valence-electron chi connectivity index (χ1n) is 7.02. The van der Waals surface area contributed by atoms with Crippen molar-refractivity contribution < 1.29 is 13.9 Å². The second-order valence-electron chi connectivity index (χ2n) is 4.79. The number of benzene rings is 2. The molecule has 6 heteroatoms. The number of nitrogens with zero attached hydrogens (tertiary/aromatic N) is 1. The molecule has 23 heavy (non-hydrogen) atoms. The number of hydrogen-bond acceptors (Lipinski definition) is 4. The van der Waals surface area contributed by atoms with Crippen LogP contribution in [0.4, 0.5) is 15.8 Å². The average molecular weight is 313 g/mol. The zero-order valence-electron chi connectivity index (χ0n) is 12.6. The van der Waals surface area contributed by atoms with E-state index in [4.69, 9.17) is 10.00 Å². The van der Waals surface area contributed by atoms with Crippen molar-refractivity contribution in [3.63, 3.8) is 0 Å². The number of carbonyl (C=O) groups is 1. The Morgan fingerprint density at radius 2 is 2.00 bits per heavy atom. The molecule has 0 saturated heterocycles. The third-order valence-corrected chi connectivity index (χ3v) is 2.96. The normalized spacial score (nSPS) is 9.78. The van der Waals surface area contributed by atoms with Crippen LogP contribution in [-0.2, 0) is 4.79 Å². The molecule has 0 unspecified atom stereocenters. The molecule has 0 saturated carbocycles. The third kappa shape index (κ3) is 5.00. The molecule has 1 amide bonds. The average Bonchev–Trinajstić information content (AvgIpc) is 2.54. The maximum absolute atomic E-state index is 13.7. The Balaban J connectivity index is 1.85. The van der Waals surface area contributed by atoms with E-state index in [0.29, 0.717) is 35.8 Å². The van der Waals surface area contributed by atoms with Crippen molar-refractivity contribution in [3.8, 4) is 11.8 Å². The van der Waals surface area contributed by atoms with E-state index in [1.165, 1.54) is 25.1 Å². The van der Waals surface area contributed by atoms with Crippen molar-refractivity contribution in [2.45, 2.75) is 6.92 Å². The second-order valence-corrected chi connectivity index (χ2v) is 4.79. The lowest BCUT2D eigenvalue weighted by Gasteiger charge is -2.11. The summed E-state index contributed by atoms with van der Waals surface area (Å²) in [6, 6.07) is 13.1. The number of nitrogens with one attached hydrogen (secondary N) is 2. The highest BCUT2D eigenvalue weighted by atomic mass is 19.1. The van der Waals surface area contributed by atoms with E-state index < -0.39 is 5.82 Å². The SMILES string of the molecule is CC(=O)Nc1ccc(F)c(NCCOc2ccc(C#N)cc2)c1. The molecule has 0 aromatic heterocycles. The van der Waals surface area contributed by atoms with Gasteiger partial charge in [0.2, 0.25) is 5.91 Å². The van der Waals surface area contributed by atoms with Gasteiger partial charge in [-0.15, -0.1) is 0 Å². The molecule has 0 bridgehead atoms. The molecule has 0 heterocycles. The number of ether oxygens (including phenoxy) is 1. The minimum Gasteiger partial charge on any atom is -0.492 e. The van der Waals surface area contributed by atoms with E-state index in [1.54, 1.807) is 24.3 Å². The van der Waals surface area contributed by atoms with Crippen LogP contribution in [0.25, 0.3) is 0 Å². The summed E-state index contributed by atoms with van der Waals surface area (Å²) in [6.07, 6.45) is 0. The van der Waals surface area contributed by atoms with E-state index in [2.05, 4.69) is 10.6 Å². The molecule has 0 radical (unpaired) electrons. The standard InChI is InChI=1S/C17H16FN3O2/c1-12(22)21-14-4-7-16(18)17(10-14)20-8-9-23-15-5-2-13(11-19)3-6-15/h2-7,10,20H,8-9H2,1H3,(H,21,22). The maximum atomic E-state index is 13.7. The highest BCUT2D eigenvalue weighted by Crippen LogP contribution is 2.19. The second kappa shape index (κ2) is 7.80. The van der Waals surface area contributed by atoms with Gasteiger partial charge in [0.25, 0.3) is 0 Å². The summed E-state index contributed by atoms with van der Waals surface area (Å²) in [6.45, 7) is 2.11. The lowest BCUT2D eigenvalue weighted by atomic mass is 10.2. The quantitative estimate of drug-likeness (QED) is 0.803. The largest absolute Gasteiger partial charge is 0.492 e. The molecule has 2 N–H and O–H groups in total. The molecule has 2 aromatic rings. The Morgan fingerprint density at radius 1 is 1.26 bits per heavy atom. The molecule has 0 aliphatic carbocycles. The van der Waals surface area contributed by atoms with Crippen LogP contribution in [0.2, 0.25) is 0 Å². The molecule has 0 aliphatic heterocycles. The fraction of sp³-hybridized carbons (Fsp3) is 0.176. The van der Waals surface area contributed by atoms with Gasteiger partial charge < -0.3 is 15.4 Å². The summed E-state index contributed by atoms with van der Waals surface area (Å²) < 4.78 is 19.2. The van der Waals surface area contributed by atoms with Crippen LogP contribution in [0.5, 0.6) is 5.75 Å². The fourth-order valence-electron chi connectivity index (χ4n) is 1.92. The molecule has 118 valence electrons. The summed E-state index contributed by atoms with van der Waals surface area (Å²) in [4.78, 5) is 11.0. The van der Waals surface area contributed by atoms with E-state index in [1.807, 2.05) is 6.07 Å². The summed E-state index contributed by atoms with van der Waals surface area (Å²) >= 11 is 0. The zero-order valence-corrected chi connectivity index (χ0v) is 12.6. The number of nitriles is 1. The topological polar surface area (TPSA) is 74.2 Å². The summed E-state index contributed by atoms with van der Waals surface area (Å²) in [5.74, 6) is 0.0162. The number of rotatable bonds is 6. The molecule has 0 aliphatic rings. The van der Waals surface area contributed by atoms with Crippen LogP contribution >= 0.6 is 0 Å². The summed E-state index contributed by atoms with van der Waals surface area (Å²) in [5.41, 5.74) is 1.38. The van der Waals surface area contributed by atoms with Crippen LogP contribution in [0.1, 0.15) is 12.5 Å². The van der Waals surface area contributed by atoms with Gasteiger partial charge in [-0.3, -0.25) is 4.79 Å². The minimum absolute atomic E-state index is 0.216. The van der Waals surface area contributed by atoms with Gasteiger partial charge in [-0.2, -0.15) is 5.26 Å². The molecular formula is C17H16FN3O2. The Bertz CT molecular complexity index is 724. The van der Waals surface area contributed by atoms with Gasteiger partial charge in [0.1, 0.15) is 18.2 Å². The molecule has 0 atom stereocenters. The summed E-state index contributed by atoms with van der Waals surface area (Å²) in [7, 11) is 0. The molecule has 0 fully saturated rings. The van der Waals surface area contributed by atoms with Crippen LogP contribution in [0.3, 0.4) is 0 Å². The van der Waals surface area contributed by atoms with Gasteiger partial charge in [0.15, 0.2) is 0 Å². The predicted octanol–water partition coefficient (Wildman–Crippen LogP) is 3.15. The number of hydrogen-bond donors (Lipinski definition) is 2. The molecule has 0 spiro atoms. The molecule has 2 rings (SSSR count). The number of amides is 1. The number of anilines is 2. The number of halogens is 1. The Labute approximate surface area is 133 Å². The fourth-order valence-corrected chi connectivity index (χ4v) is 1.92. The van der Waals surface area contributed by atoms with Crippen molar-refractivity contribution in [1.29, 1.82) is 5.26 Å². The van der Waals surface area contributed by atoms with E-state index >= 15 is 0 Å². The minimum atomic E-state index is -0.405. The predicted molar refractivity (Wildman–Crippen MR) is 85.8 cm³/mol. The Morgan fingerprint density at radius 3 is 2.65 bits per heavy atom. The van der Waals surface area contributed by atoms with Crippen LogP contribution in [0, 0.1) is 17.1 Å². The smallest absolute Gasteiger partial charge is 0.221 e. The third-order valence-electron chi connectivity index (χ3n) is 2.96. The van der Waals surface area contributed by atoms with Crippen molar-refractivity contribution in [2.75, 3.05) is 23.8 Å². The number of carbonyl (C=O) groups excluding carboxylic acids is 1. The van der Waals surface area contributed by atoms with Crippen molar-refractivity contribution in [3.05, 3.63) is 53.8 Å². The van der Waals surface area contributed by atoms with Crippen molar-refractivity contribution >= 4 is 17.3 Å². The Hall–Kier alpha value is -3.07. The van der Waals surface area contributed by atoms with Gasteiger partial charge in [-0.05, 0) is 42.5 Å². The van der Waals surface area contributed by atoms with Gasteiger partial charge in [-0.25, -0.2) is 4.39 Å². The molecule has 5 nitrogen and oxygen atoms in total. The van der Waals surface area contributed by atoms with Gasteiger partial charge in [-0.1, -0.05) is 0 Å². The lowest BCUT2D eigenvalue weighted by molar-refractivity contribution is -0.114. The van der Waals surface area contributed by atoms with Crippen LogP contribution in [-0.4, -0.2) is 19.1 Å². The Kier molecular flexibility index (Phi) is 5.53. The highest BCUT2D eigenvalue weighted by molar-refractivity contribution is 5.89. The molecule has 2 aromatic carbocycles. The highest BCUT2D eigenvalue weighted by Gasteiger charge is 2.04. The van der Waals surface area contributed by atoms with Gasteiger partial charge >= 0.3 is 0 Å². The van der Waals surface area contributed by atoms with E-state index in [-0.39, 0.29) is 5.91 Å². The lowest BCUT2D eigenvalue weighted by Crippen LogP contribution is -2.13. The van der Waals surface area contributed by atoms with E-state index in [0.717, 1.165) is 0 Å². The first-order valence-corrected chi connectivity index (χ1v) is 7.02. The monoisotopic (exact) mass is 313 g/mol. The maximum Gasteiger partial charge on any atom is 0.221 e. The first-order chi connectivity index (χ1) is 11.1. The van der Waals surface area contributed by atoms with Gasteiger partial charge in [0.05, 0.1) is 17.3 Å². The van der Waals surface area contributed by atoms with Crippen LogP contribution in [0.15, 0.2) is 42.5 Å². The first kappa shape index (κ1) is 16.3. The summed E-state index contributed by atoms with van der Waals surface area (Å²) in [5, 5.41) is 14.2. The van der Waals surface area contributed by atoms with Crippen molar-refractivity contribution in [2.24, 2.45) is 0 Å². The van der Waals surface area contributed by atoms with Crippen molar-refractivity contribution in [1.82, 2.24) is 0 Å². The van der Waals surface area contributed by atoms with Gasteiger partial charge in [0, 0.05) is 19.2 Å². The van der Waals surface area contributed by atoms with E-state index in [9.17, 15) is 9.18 Å². The zero-order chi connectivity index (χ0) is 16.7. The van der Waals surface area contributed by atoms with Crippen LogP contribution < -0.4 is 15.4 Å².